The van der Waals surface area contributed by atoms with Gasteiger partial charge in [0.1, 0.15) is 6.10 Å². The van der Waals surface area contributed by atoms with Gasteiger partial charge in [0, 0.05) is 43.4 Å². The van der Waals surface area contributed by atoms with E-state index < -0.39 is 16.1 Å². The summed E-state index contributed by atoms with van der Waals surface area (Å²) >= 11 is 1.22. The van der Waals surface area contributed by atoms with E-state index in [4.69, 9.17) is 0 Å². The Balaban J connectivity index is 1.58. The number of piperazine rings is 1. The zero-order valence-corrected chi connectivity index (χ0v) is 18.1. The fourth-order valence-electron chi connectivity index (χ4n) is 3.23. The molecular formula is C19H26N4O4S2. The van der Waals surface area contributed by atoms with Crippen LogP contribution >= 0.6 is 11.3 Å². The Labute approximate surface area is 175 Å². The molecule has 0 unspecified atom stereocenters. The minimum atomic E-state index is -3.67. The Bertz CT molecular complexity index is 906. The highest BCUT2D eigenvalue weighted by Gasteiger charge is 2.27. The Kier molecular flexibility index (Phi) is 6.76. The Morgan fingerprint density at radius 2 is 1.86 bits per heavy atom. The minimum absolute atomic E-state index is 0.169. The Morgan fingerprint density at radius 1 is 1.21 bits per heavy atom. The quantitative estimate of drug-likeness (QED) is 0.685. The van der Waals surface area contributed by atoms with Gasteiger partial charge in [-0.05, 0) is 36.6 Å². The molecule has 1 atom stereocenters. The summed E-state index contributed by atoms with van der Waals surface area (Å²) in [5, 5.41) is 12.1. The van der Waals surface area contributed by atoms with Crippen molar-refractivity contribution in [3.8, 4) is 0 Å². The lowest BCUT2D eigenvalue weighted by Gasteiger charge is -2.37. The SMILES string of the molecule is CC(C)C[C@H](O)C(=O)N1CCN(c2ccc(S(=O)(=O)Nc3nccs3)cc2)CC1. The lowest BCUT2D eigenvalue weighted by Crippen LogP contribution is -2.51. The van der Waals surface area contributed by atoms with Crippen LogP contribution in [0.5, 0.6) is 0 Å². The first kappa shape index (κ1) is 21.5. The fraction of sp³-hybridized carbons (Fsp3) is 0.474. The number of hydrogen-bond acceptors (Lipinski definition) is 7. The fourth-order valence-corrected chi connectivity index (χ4v) is 5.02. The Morgan fingerprint density at radius 3 is 2.41 bits per heavy atom. The summed E-state index contributed by atoms with van der Waals surface area (Å²) in [4.78, 5) is 20.2. The van der Waals surface area contributed by atoms with Gasteiger partial charge in [0.15, 0.2) is 5.13 Å². The summed E-state index contributed by atoms with van der Waals surface area (Å²) in [6, 6.07) is 6.66. The maximum atomic E-state index is 12.4. The molecule has 1 saturated heterocycles. The number of thiazole rings is 1. The lowest BCUT2D eigenvalue weighted by molar-refractivity contribution is -0.141. The van der Waals surface area contributed by atoms with E-state index in [2.05, 4.69) is 14.6 Å². The van der Waals surface area contributed by atoms with E-state index in [1.54, 1.807) is 34.5 Å². The first-order valence-electron chi connectivity index (χ1n) is 9.50. The van der Waals surface area contributed by atoms with Crippen molar-refractivity contribution in [2.45, 2.75) is 31.3 Å². The van der Waals surface area contributed by atoms with Crippen LogP contribution in [0.4, 0.5) is 10.8 Å². The smallest absolute Gasteiger partial charge is 0.263 e. The molecule has 1 aromatic carbocycles. The maximum absolute atomic E-state index is 12.4. The van der Waals surface area contributed by atoms with Gasteiger partial charge < -0.3 is 14.9 Å². The maximum Gasteiger partial charge on any atom is 0.263 e. The second-order valence-electron chi connectivity index (χ2n) is 7.39. The van der Waals surface area contributed by atoms with Crippen molar-refractivity contribution < 1.29 is 18.3 Å². The third-order valence-corrected chi connectivity index (χ3v) is 6.91. The van der Waals surface area contributed by atoms with E-state index in [9.17, 15) is 18.3 Å². The third kappa shape index (κ3) is 5.46. The van der Waals surface area contributed by atoms with E-state index in [-0.39, 0.29) is 16.7 Å². The molecule has 3 rings (SSSR count). The number of anilines is 2. The van der Waals surface area contributed by atoms with Crippen molar-refractivity contribution in [2.75, 3.05) is 35.8 Å². The molecule has 0 saturated carbocycles. The zero-order chi connectivity index (χ0) is 21.0. The summed E-state index contributed by atoms with van der Waals surface area (Å²) in [5.41, 5.74) is 0.896. The number of aliphatic hydroxyl groups excluding tert-OH is 1. The summed E-state index contributed by atoms with van der Waals surface area (Å²) in [6.07, 6.45) is 1.05. The number of benzene rings is 1. The molecule has 0 spiro atoms. The van der Waals surface area contributed by atoms with Crippen molar-refractivity contribution in [3.05, 3.63) is 35.8 Å². The van der Waals surface area contributed by atoms with Gasteiger partial charge in [-0.3, -0.25) is 9.52 Å². The van der Waals surface area contributed by atoms with E-state index >= 15 is 0 Å². The first-order chi connectivity index (χ1) is 13.8. The molecule has 0 radical (unpaired) electrons. The summed E-state index contributed by atoms with van der Waals surface area (Å²) < 4.78 is 27.3. The Hall–Kier alpha value is -2.17. The molecule has 2 heterocycles. The van der Waals surface area contributed by atoms with E-state index in [1.807, 2.05) is 13.8 Å². The highest BCUT2D eigenvalue weighted by molar-refractivity contribution is 7.93. The molecule has 8 nitrogen and oxygen atoms in total. The first-order valence-corrected chi connectivity index (χ1v) is 11.9. The van der Waals surface area contributed by atoms with Gasteiger partial charge in [-0.25, -0.2) is 13.4 Å². The average Bonchev–Trinajstić information content (AvgIpc) is 3.19. The predicted octanol–water partition coefficient (Wildman–Crippen LogP) is 2.00. The average molecular weight is 439 g/mol. The number of carbonyl (C=O) groups excluding carboxylic acids is 1. The van der Waals surface area contributed by atoms with Crippen molar-refractivity contribution in [2.24, 2.45) is 5.92 Å². The highest BCUT2D eigenvalue weighted by atomic mass is 32.2. The number of nitrogens with one attached hydrogen (secondary N) is 1. The summed E-state index contributed by atoms with van der Waals surface area (Å²) in [5.74, 6) is 0.0446. The van der Waals surface area contributed by atoms with E-state index in [0.717, 1.165) is 5.69 Å². The van der Waals surface area contributed by atoms with Gasteiger partial charge in [0.25, 0.3) is 15.9 Å². The standard InChI is InChI=1S/C19H26N4O4S2/c1-14(2)13-17(24)18(25)23-10-8-22(9-11-23)15-3-5-16(6-4-15)29(26,27)21-19-20-7-12-28-19/h3-7,12,14,17,24H,8-11,13H2,1-2H3,(H,20,21)/t17-/m0/s1. The molecule has 2 aromatic rings. The van der Waals surface area contributed by atoms with Gasteiger partial charge in [-0.1, -0.05) is 13.8 Å². The number of sulfonamides is 1. The number of aliphatic hydroxyl groups is 1. The van der Waals surface area contributed by atoms with Gasteiger partial charge in [0.05, 0.1) is 4.90 Å². The highest BCUT2D eigenvalue weighted by Crippen LogP contribution is 2.22. The predicted molar refractivity (Wildman–Crippen MR) is 114 cm³/mol. The third-order valence-electron chi connectivity index (χ3n) is 4.74. The van der Waals surface area contributed by atoms with Gasteiger partial charge in [-0.2, -0.15) is 0 Å². The van der Waals surface area contributed by atoms with Crippen LogP contribution in [-0.2, 0) is 14.8 Å². The molecule has 1 amide bonds. The molecule has 1 aliphatic rings. The summed E-state index contributed by atoms with van der Waals surface area (Å²) in [6.45, 7) is 6.27. The number of nitrogens with zero attached hydrogens (tertiary/aromatic N) is 3. The lowest BCUT2D eigenvalue weighted by atomic mass is 10.0. The van der Waals surface area contributed by atoms with Gasteiger partial charge in [0.2, 0.25) is 0 Å². The molecule has 29 heavy (non-hydrogen) atoms. The van der Waals surface area contributed by atoms with Crippen molar-refractivity contribution in [1.29, 1.82) is 0 Å². The van der Waals surface area contributed by atoms with Crippen LogP contribution in [0.15, 0.2) is 40.7 Å². The number of aromatic nitrogens is 1. The van der Waals surface area contributed by atoms with Crippen LogP contribution in [0.25, 0.3) is 0 Å². The van der Waals surface area contributed by atoms with Crippen molar-refractivity contribution in [3.63, 3.8) is 0 Å². The van der Waals surface area contributed by atoms with Crippen LogP contribution in [0.3, 0.4) is 0 Å². The monoisotopic (exact) mass is 438 g/mol. The molecule has 2 N–H and O–H groups in total. The van der Waals surface area contributed by atoms with Crippen LogP contribution in [0, 0.1) is 5.92 Å². The topological polar surface area (TPSA) is 103 Å². The van der Waals surface area contributed by atoms with E-state index in [1.165, 1.54) is 17.5 Å². The largest absolute Gasteiger partial charge is 0.383 e. The molecule has 158 valence electrons. The zero-order valence-electron chi connectivity index (χ0n) is 16.5. The normalized spacial score (nSPS) is 16.1. The molecule has 1 fully saturated rings. The second-order valence-corrected chi connectivity index (χ2v) is 9.97. The number of amides is 1. The molecule has 1 aromatic heterocycles. The van der Waals surface area contributed by atoms with Crippen molar-refractivity contribution in [1.82, 2.24) is 9.88 Å². The second kappa shape index (κ2) is 9.10. The van der Waals surface area contributed by atoms with Crippen LogP contribution < -0.4 is 9.62 Å². The van der Waals surface area contributed by atoms with Crippen LogP contribution in [0.2, 0.25) is 0 Å². The van der Waals surface area contributed by atoms with Gasteiger partial charge in [-0.15, -0.1) is 11.3 Å². The van der Waals surface area contributed by atoms with Crippen molar-refractivity contribution >= 4 is 38.1 Å². The minimum Gasteiger partial charge on any atom is -0.383 e. The molecule has 10 heteroatoms. The summed E-state index contributed by atoms with van der Waals surface area (Å²) in [7, 11) is -3.67. The molecule has 1 aliphatic heterocycles. The number of rotatable bonds is 7. The van der Waals surface area contributed by atoms with Gasteiger partial charge >= 0.3 is 0 Å². The van der Waals surface area contributed by atoms with Crippen LogP contribution in [-0.4, -0.2) is 61.6 Å². The number of carbonyl (C=O) groups is 1. The number of hydrogen-bond donors (Lipinski definition) is 2. The van der Waals surface area contributed by atoms with E-state index in [0.29, 0.717) is 37.7 Å². The molecule has 0 aliphatic carbocycles. The molecular weight excluding hydrogens is 412 g/mol. The van der Waals surface area contributed by atoms with Crippen LogP contribution in [0.1, 0.15) is 20.3 Å². The molecule has 0 bridgehead atoms.